The molecular weight excluding hydrogens is 378 g/mol. The zero-order chi connectivity index (χ0) is 20.9. The zero-order valence-corrected chi connectivity index (χ0v) is 17.2. The maximum atomic E-state index is 13.2. The zero-order valence-electron chi connectivity index (χ0n) is 17.2. The van der Waals surface area contributed by atoms with Crippen molar-refractivity contribution < 1.29 is 19.0 Å². The van der Waals surface area contributed by atoms with Gasteiger partial charge in [0, 0.05) is 23.1 Å². The van der Waals surface area contributed by atoms with Crippen LogP contribution in [-0.4, -0.2) is 26.2 Å². The summed E-state index contributed by atoms with van der Waals surface area (Å²) in [5, 5.41) is 3.16. The van der Waals surface area contributed by atoms with Crippen molar-refractivity contribution in [2.45, 2.75) is 19.4 Å². The summed E-state index contributed by atoms with van der Waals surface area (Å²) in [6.07, 6.45) is 0.725. The van der Waals surface area contributed by atoms with Crippen molar-refractivity contribution in [2.24, 2.45) is 0 Å². The predicted octanol–water partition coefficient (Wildman–Crippen LogP) is 5.01. The molecule has 1 atom stereocenters. The Hall–Kier alpha value is -3.47. The van der Waals surface area contributed by atoms with Crippen LogP contribution in [0.2, 0.25) is 0 Å². The van der Waals surface area contributed by atoms with E-state index in [-0.39, 0.29) is 11.9 Å². The lowest BCUT2D eigenvalue weighted by atomic mass is 9.98. The van der Waals surface area contributed by atoms with E-state index in [1.807, 2.05) is 67.6 Å². The summed E-state index contributed by atoms with van der Waals surface area (Å²) < 4.78 is 17.2. The van der Waals surface area contributed by atoms with Crippen molar-refractivity contribution in [2.75, 3.05) is 20.3 Å². The second kappa shape index (κ2) is 8.91. The van der Waals surface area contributed by atoms with Gasteiger partial charge in [-0.15, -0.1) is 0 Å². The molecule has 1 heterocycles. The summed E-state index contributed by atoms with van der Waals surface area (Å²) in [5.74, 6) is 1.84. The quantitative estimate of drug-likeness (QED) is 0.628. The minimum Gasteiger partial charge on any atom is -0.493 e. The Morgan fingerprint density at radius 3 is 2.63 bits per heavy atom. The minimum atomic E-state index is -0.155. The van der Waals surface area contributed by atoms with Gasteiger partial charge in [0.1, 0.15) is 5.75 Å². The van der Waals surface area contributed by atoms with Gasteiger partial charge in [0.25, 0.3) is 5.91 Å². The highest BCUT2D eigenvalue weighted by molar-refractivity contribution is 5.97. The van der Waals surface area contributed by atoms with Crippen LogP contribution in [0.5, 0.6) is 17.2 Å². The van der Waals surface area contributed by atoms with Gasteiger partial charge in [0.15, 0.2) is 11.5 Å². The number of carbonyl (C=O) groups is 1. The molecule has 0 spiro atoms. The molecule has 0 fully saturated rings. The Morgan fingerprint density at radius 1 is 1.10 bits per heavy atom. The molecular formula is C25H25NO4. The summed E-state index contributed by atoms with van der Waals surface area (Å²) >= 11 is 0. The summed E-state index contributed by atoms with van der Waals surface area (Å²) in [4.78, 5) is 13.2. The van der Waals surface area contributed by atoms with Gasteiger partial charge in [0.05, 0.1) is 26.4 Å². The average molecular weight is 403 g/mol. The lowest BCUT2D eigenvalue weighted by Gasteiger charge is -2.27. The predicted molar refractivity (Wildman–Crippen MR) is 116 cm³/mol. The van der Waals surface area contributed by atoms with E-state index >= 15 is 0 Å². The molecule has 1 aliphatic heterocycles. The number of hydrogen-bond donors (Lipinski definition) is 1. The fourth-order valence-electron chi connectivity index (χ4n) is 3.77. The van der Waals surface area contributed by atoms with Crippen molar-refractivity contribution in [1.82, 2.24) is 5.32 Å². The molecule has 5 heteroatoms. The summed E-state index contributed by atoms with van der Waals surface area (Å²) in [5.41, 5.74) is 3.31. The third-order valence-electron chi connectivity index (χ3n) is 5.17. The number of amides is 1. The molecule has 5 nitrogen and oxygen atoms in total. The van der Waals surface area contributed by atoms with Crippen LogP contribution in [0.25, 0.3) is 11.1 Å². The van der Waals surface area contributed by atoms with Crippen LogP contribution < -0.4 is 19.5 Å². The van der Waals surface area contributed by atoms with Crippen LogP contribution in [0, 0.1) is 0 Å². The van der Waals surface area contributed by atoms with Crippen LogP contribution >= 0.6 is 0 Å². The van der Waals surface area contributed by atoms with Crippen LogP contribution in [0.1, 0.15) is 35.3 Å². The number of benzene rings is 3. The molecule has 30 heavy (non-hydrogen) atoms. The van der Waals surface area contributed by atoms with Gasteiger partial charge >= 0.3 is 0 Å². The molecule has 1 aliphatic rings. The first kappa shape index (κ1) is 19.8. The molecule has 0 radical (unpaired) electrons. The molecule has 3 aromatic carbocycles. The first-order valence-corrected chi connectivity index (χ1v) is 10.1. The van der Waals surface area contributed by atoms with Crippen LogP contribution in [0.15, 0.2) is 66.7 Å². The number of hydrogen-bond acceptors (Lipinski definition) is 4. The first-order valence-electron chi connectivity index (χ1n) is 10.1. The van der Waals surface area contributed by atoms with Crippen LogP contribution in [-0.2, 0) is 0 Å². The average Bonchev–Trinajstić information content (AvgIpc) is 2.79. The molecule has 3 aromatic rings. The van der Waals surface area contributed by atoms with Crippen molar-refractivity contribution in [3.63, 3.8) is 0 Å². The van der Waals surface area contributed by atoms with E-state index in [4.69, 9.17) is 14.2 Å². The standard InChI is InChI=1S/C25H25NO4/c1-3-29-23-16-18(15-20(24(23)28-2)17-9-5-4-6-10-17)25(27)26-21-13-14-30-22-12-8-7-11-19(21)22/h4-12,15-16,21H,3,13-14H2,1-2H3,(H,26,27). The van der Waals surface area contributed by atoms with Crippen molar-refractivity contribution >= 4 is 5.91 Å². The van der Waals surface area contributed by atoms with Gasteiger partial charge < -0.3 is 19.5 Å². The SMILES string of the molecule is CCOc1cc(C(=O)NC2CCOc3ccccc32)cc(-c2ccccc2)c1OC. The van der Waals surface area contributed by atoms with E-state index in [0.29, 0.717) is 30.3 Å². The Morgan fingerprint density at radius 2 is 1.87 bits per heavy atom. The van der Waals surface area contributed by atoms with Gasteiger partial charge in [0.2, 0.25) is 0 Å². The highest BCUT2D eigenvalue weighted by Gasteiger charge is 2.24. The van der Waals surface area contributed by atoms with Gasteiger partial charge in [-0.05, 0) is 30.7 Å². The largest absolute Gasteiger partial charge is 0.493 e. The number of carbonyl (C=O) groups excluding carboxylic acids is 1. The minimum absolute atomic E-state index is 0.0970. The Balaban J connectivity index is 1.70. The molecule has 1 unspecified atom stereocenters. The first-order chi connectivity index (χ1) is 14.7. The van der Waals surface area contributed by atoms with E-state index < -0.39 is 0 Å². The second-order valence-electron chi connectivity index (χ2n) is 7.06. The number of methoxy groups -OCH3 is 1. The maximum Gasteiger partial charge on any atom is 0.251 e. The van der Waals surface area contributed by atoms with Crippen LogP contribution in [0.3, 0.4) is 0 Å². The summed E-state index contributed by atoms with van der Waals surface area (Å²) in [7, 11) is 1.61. The van der Waals surface area contributed by atoms with E-state index in [1.54, 1.807) is 13.2 Å². The van der Waals surface area contributed by atoms with E-state index in [2.05, 4.69) is 5.32 Å². The molecule has 0 aliphatic carbocycles. The fourth-order valence-corrected chi connectivity index (χ4v) is 3.77. The molecule has 0 saturated heterocycles. The van der Waals surface area contributed by atoms with Gasteiger partial charge in [-0.3, -0.25) is 4.79 Å². The molecule has 0 saturated carbocycles. The fraction of sp³-hybridized carbons (Fsp3) is 0.240. The summed E-state index contributed by atoms with van der Waals surface area (Å²) in [6.45, 7) is 2.96. The Bertz CT molecular complexity index is 1030. The third kappa shape index (κ3) is 3.96. The number of ether oxygens (including phenoxy) is 3. The highest BCUT2D eigenvalue weighted by Crippen LogP contribution is 2.40. The van der Waals surface area contributed by atoms with Crippen molar-refractivity contribution in [3.05, 3.63) is 77.9 Å². The molecule has 4 rings (SSSR count). The second-order valence-corrected chi connectivity index (χ2v) is 7.06. The highest BCUT2D eigenvalue weighted by atomic mass is 16.5. The lowest BCUT2D eigenvalue weighted by Crippen LogP contribution is -2.32. The Labute approximate surface area is 176 Å². The smallest absolute Gasteiger partial charge is 0.251 e. The van der Waals surface area contributed by atoms with Gasteiger partial charge in [-0.25, -0.2) is 0 Å². The monoisotopic (exact) mass is 403 g/mol. The summed E-state index contributed by atoms with van der Waals surface area (Å²) in [6, 6.07) is 21.2. The molecule has 154 valence electrons. The van der Waals surface area contributed by atoms with E-state index in [1.165, 1.54) is 0 Å². The number of rotatable bonds is 6. The van der Waals surface area contributed by atoms with Gasteiger partial charge in [-0.2, -0.15) is 0 Å². The van der Waals surface area contributed by atoms with Gasteiger partial charge in [-0.1, -0.05) is 48.5 Å². The number of para-hydroxylation sites is 1. The Kier molecular flexibility index (Phi) is 5.89. The molecule has 0 bridgehead atoms. The van der Waals surface area contributed by atoms with Crippen LogP contribution in [0.4, 0.5) is 0 Å². The topological polar surface area (TPSA) is 56.8 Å². The van der Waals surface area contributed by atoms with Crippen molar-refractivity contribution in [3.8, 4) is 28.4 Å². The molecule has 0 aromatic heterocycles. The molecule has 1 N–H and O–H groups in total. The van der Waals surface area contributed by atoms with E-state index in [9.17, 15) is 4.79 Å². The normalized spacial score (nSPS) is 14.9. The number of fused-ring (bicyclic) bond motifs is 1. The lowest BCUT2D eigenvalue weighted by molar-refractivity contribution is 0.0924. The third-order valence-corrected chi connectivity index (χ3v) is 5.17. The molecule has 1 amide bonds. The number of nitrogens with one attached hydrogen (secondary N) is 1. The maximum absolute atomic E-state index is 13.2. The van der Waals surface area contributed by atoms with Crippen molar-refractivity contribution in [1.29, 1.82) is 0 Å². The van der Waals surface area contributed by atoms with E-state index in [0.717, 1.165) is 28.9 Å².